The van der Waals surface area contributed by atoms with Crippen LogP contribution in [0.15, 0.2) is 48.7 Å². The first-order chi connectivity index (χ1) is 19.2. The first-order valence-corrected chi connectivity index (χ1v) is 12.5. The van der Waals surface area contributed by atoms with Gasteiger partial charge in [-0.1, -0.05) is 18.2 Å². The summed E-state index contributed by atoms with van der Waals surface area (Å²) in [7, 11) is 1.40. The fraction of sp³-hybridized carbons (Fsp3) is 0.333. The van der Waals surface area contributed by atoms with Gasteiger partial charge < -0.3 is 20.3 Å². The number of fused-ring (bicyclic) bond motifs is 3. The third-order valence-corrected chi connectivity index (χ3v) is 6.02. The van der Waals surface area contributed by atoms with E-state index in [4.69, 9.17) is 20.3 Å². The lowest BCUT2D eigenvalue weighted by molar-refractivity contribution is -0.117. The summed E-state index contributed by atoms with van der Waals surface area (Å²) in [6.07, 6.45) is 2.66. The highest BCUT2D eigenvalue weighted by atomic mass is 19.3. The summed E-state index contributed by atoms with van der Waals surface area (Å²) in [5.74, 6) is -3.26. The van der Waals surface area contributed by atoms with Crippen molar-refractivity contribution in [3.8, 4) is 5.88 Å². The summed E-state index contributed by atoms with van der Waals surface area (Å²) < 4.78 is 38.5. The van der Waals surface area contributed by atoms with Crippen molar-refractivity contribution in [2.75, 3.05) is 20.3 Å². The van der Waals surface area contributed by atoms with Crippen molar-refractivity contribution in [2.45, 2.75) is 38.2 Å². The molecule has 13 heteroatoms. The number of nitrogens with two attached hydrogens (primary N) is 1. The van der Waals surface area contributed by atoms with E-state index in [1.54, 1.807) is 12.1 Å². The molecule has 3 N–H and O–H groups in total. The minimum atomic E-state index is -3.13. The molecule has 4 rings (SSSR count). The molecule has 0 amide bonds. The monoisotopic (exact) mass is 554 g/mol. The molecule has 1 aromatic carbocycles. The van der Waals surface area contributed by atoms with Crippen LogP contribution in [0, 0.1) is 0 Å². The molecule has 11 nitrogen and oxygen atoms in total. The Morgan fingerprint density at radius 2 is 1.90 bits per heavy atom. The van der Waals surface area contributed by atoms with E-state index in [1.807, 2.05) is 24.3 Å². The second-order valence-electron chi connectivity index (χ2n) is 9.08. The summed E-state index contributed by atoms with van der Waals surface area (Å²) in [6.45, 7) is -1.31. The average molecular weight is 555 g/mol. The van der Waals surface area contributed by atoms with Gasteiger partial charge in [-0.2, -0.15) is 4.52 Å². The number of methoxy groups -OCH3 is 1. The van der Waals surface area contributed by atoms with Crippen molar-refractivity contribution in [1.29, 1.82) is 0 Å². The van der Waals surface area contributed by atoms with Crippen LogP contribution in [0.1, 0.15) is 47.6 Å². The van der Waals surface area contributed by atoms with E-state index in [9.17, 15) is 18.4 Å². The number of Topliss-reactive ketones (excluding diaryl/α,β-unsaturated/α-hetero) is 1. The van der Waals surface area contributed by atoms with Crippen LogP contribution in [0.5, 0.6) is 5.88 Å². The third kappa shape index (κ3) is 6.79. The summed E-state index contributed by atoms with van der Waals surface area (Å²) in [5, 5.41) is 22.8. The Morgan fingerprint density at radius 3 is 2.60 bits per heavy atom. The Bertz CT molecular complexity index is 1540. The van der Waals surface area contributed by atoms with Crippen molar-refractivity contribution in [3.63, 3.8) is 0 Å². The van der Waals surface area contributed by atoms with Gasteiger partial charge in [-0.25, -0.2) is 8.78 Å². The predicted octanol–water partition coefficient (Wildman–Crippen LogP) is 3.14. The number of aromatic nitrogens is 5. The normalized spacial score (nSPS) is 12.2. The van der Waals surface area contributed by atoms with E-state index in [2.05, 4.69) is 20.3 Å². The number of carbonyl (C=O) groups excluding carboxylic acids is 2. The Labute approximate surface area is 227 Å². The van der Waals surface area contributed by atoms with Crippen molar-refractivity contribution < 1.29 is 33.0 Å². The molecule has 3 aromatic heterocycles. The van der Waals surface area contributed by atoms with E-state index < -0.39 is 19.0 Å². The zero-order valence-corrected chi connectivity index (χ0v) is 21.7. The van der Waals surface area contributed by atoms with Crippen molar-refractivity contribution >= 4 is 33.7 Å². The molecule has 0 unspecified atom stereocenters. The quantitative estimate of drug-likeness (QED) is 0.135. The van der Waals surface area contributed by atoms with Gasteiger partial charge in [-0.3, -0.25) is 14.6 Å². The average Bonchev–Trinajstić information content (AvgIpc) is 3.39. The number of pyridine rings is 1. The molecule has 0 aliphatic carbocycles. The van der Waals surface area contributed by atoms with Gasteiger partial charge in [0.25, 0.3) is 5.92 Å². The van der Waals surface area contributed by atoms with Crippen molar-refractivity contribution in [1.82, 2.24) is 24.8 Å². The second-order valence-corrected chi connectivity index (χ2v) is 9.08. The number of benzene rings is 1. The van der Waals surface area contributed by atoms with Gasteiger partial charge in [0.15, 0.2) is 17.2 Å². The van der Waals surface area contributed by atoms with E-state index in [-0.39, 0.29) is 61.4 Å². The molecule has 0 aliphatic rings. The summed E-state index contributed by atoms with van der Waals surface area (Å²) in [5.41, 5.74) is 7.48. The number of nitrogens with zero attached hydrogens (tertiary/aromatic N) is 5. The van der Waals surface area contributed by atoms with Gasteiger partial charge in [-0.15, -0.1) is 15.3 Å². The number of ether oxygens (including phenoxy) is 2. The van der Waals surface area contributed by atoms with Crippen LogP contribution < -0.4 is 10.5 Å². The van der Waals surface area contributed by atoms with E-state index in [1.165, 1.54) is 23.9 Å². The zero-order valence-electron chi connectivity index (χ0n) is 21.7. The van der Waals surface area contributed by atoms with E-state index in [0.717, 1.165) is 0 Å². The fourth-order valence-electron chi connectivity index (χ4n) is 3.97. The van der Waals surface area contributed by atoms with Crippen LogP contribution >= 0.6 is 0 Å². The van der Waals surface area contributed by atoms with Crippen molar-refractivity contribution in [2.24, 2.45) is 5.73 Å². The van der Waals surface area contributed by atoms with E-state index >= 15 is 0 Å². The highest BCUT2D eigenvalue weighted by Gasteiger charge is 2.26. The summed E-state index contributed by atoms with van der Waals surface area (Å²) in [4.78, 5) is 28.6. The Morgan fingerprint density at radius 1 is 1.12 bits per heavy atom. The molecule has 0 spiro atoms. The van der Waals surface area contributed by atoms with Gasteiger partial charge in [0.1, 0.15) is 19.8 Å². The number of rotatable bonds is 14. The molecule has 0 atom stereocenters. The van der Waals surface area contributed by atoms with Crippen LogP contribution in [0.4, 0.5) is 8.78 Å². The minimum Gasteiger partial charge on any atom is -0.470 e. The Hall–Kier alpha value is -4.36. The topological polar surface area (TPSA) is 155 Å². The lowest BCUT2D eigenvalue weighted by Gasteiger charge is -2.12. The number of halogens is 2. The van der Waals surface area contributed by atoms with Crippen LogP contribution in [-0.4, -0.2) is 67.7 Å². The lowest BCUT2D eigenvalue weighted by Crippen LogP contribution is -2.20. The van der Waals surface area contributed by atoms with Gasteiger partial charge in [0, 0.05) is 48.6 Å². The highest BCUT2D eigenvalue weighted by Crippen LogP contribution is 2.28. The molecular weight excluding hydrogens is 526 g/mol. The molecule has 210 valence electrons. The number of aliphatic hydroxyl groups is 1. The van der Waals surface area contributed by atoms with Gasteiger partial charge >= 0.3 is 0 Å². The van der Waals surface area contributed by atoms with E-state index in [0.29, 0.717) is 27.7 Å². The summed E-state index contributed by atoms with van der Waals surface area (Å²) in [6, 6.07) is 10.5. The summed E-state index contributed by atoms with van der Waals surface area (Å²) >= 11 is 0. The van der Waals surface area contributed by atoms with Crippen molar-refractivity contribution in [3.05, 3.63) is 65.8 Å². The van der Waals surface area contributed by atoms with Gasteiger partial charge in [0.2, 0.25) is 11.7 Å². The number of unbranched alkanes of at least 4 members (excludes halogenated alkanes) is 1. The molecule has 0 bridgehead atoms. The molecule has 0 saturated carbocycles. The first-order valence-electron chi connectivity index (χ1n) is 12.5. The number of alkyl halides is 2. The fourth-order valence-corrected chi connectivity index (χ4v) is 3.97. The van der Waals surface area contributed by atoms with Crippen LogP contribution in [-0.2, 0) is 16.1 Å². The van der Waals surface area contributed by atoms with Crippen LogP contribution in [0.25, 0.3) is 22.1 Å². The number of aliphatic hydroxyl groups excluding tert-OH is 1. The SMILES string of the molecule is COCC(=O)C=C(N)c1nnc2c3ccccc3c(OCc3ccc(C(=O)CCCCC(F)(F)CO)cn3)nn12. The molecule has 3 heterocycles. The zero-order chi connectivity index (χ0) is 28.7. The largest absolute Gasteiger partial charge is 0.470 e. The maximum absolute atomic E-state index is 13.1. The molecule has 4 aromatic rings. The number of carbonyl (C=O) groups is 2. The number of hydrogen-bond donors (Lipinski definition) is 2. The molecule has 40 heavy (non-hydrogen) atoms. The van der Waals surface area contributed by atoms with Gasteiger partial charge in [0.05, 0.1) is 11.4 Å². The van der Waals surface area contributed by atoms with Crippen LogP contribution in [0.2, 0.25) is 0 Å². The second kappa shape index (κ2) is 12.7. The molecular formula is C27H28F2N6O5. The predicted molar refractivity (Wildman–Crippen MR) is 141 cm³/mol. The smallest absolute Gasteiger partial charge is 0.270 e. The molecule has 0 fully saturated rings. The highest BCUT2D eigenvalue weighted by molar-refractivity contribution is 5.98. The minimum absolute atomic E-state index is 0.0301. The maximum Gasteiger partial charge on any atom is 0.270 e. The standard InChI is InChI=1S/C27H28F2N6O5/c1-39-15-19(37)12-22(30)25-33-32-24-20-6-2-3-7-21(20)26(34-35(24)25)40-14-18-10-9-17(13-31-18)23(38)8-4-5-11-27(28,29)16-36/h2-3,6-7,9-10,12-13,36H,4-5,8,11,14-16,30H2,1H3. The molecule has 0 radical (unpaired) electrons. The Balaban J connectivity index is 1.48. The number of hydrogen-bond acceptors (Lipinski definition) is 10. The molecule has 0 saturated heterocycles. The molecule has 0 aliphatic heterocycles. The number of ketones is 2. The maximum atomic E-state index is 13.1. The van der Waals surface area contributed by atoms with Crippen LogP contribution in [0.3, 0.4) is 0 Å². The first kappa shape index (κ1) is 28.6. The Kier molecular flexibility index (Phi) is 9.07. The van der Waals surface area contributed by atoms with Gasteiger partial charge in [-0.05, 0) is 31.0 Å². The third-order valence-electron chi connectivity index (χ3n) is 6.02. The lowest BCUT2D eigenvalue weighted by atomic mass is 10.0.